The average Bonchev–Trinajstić information content (AvgIpc) is 2.70. The largest absolute Gasteiger partial charge is 0.489 e. The molecule has 2 atom stereocenters. The van der Waals surface area contributed by atoms with E-state index in [2.05, 4.69) is 0 Å². The van der Waals surface area contributed by atoms with Crippen molar-refractivity contribution in [1.29, 1.82) is 0 Å². The Bertz CT molecular complexity index is 883. The van der Waals surface area contributed by atoms with Crippen LogP contribution in [-0.2, 0) is 22.3 Å². The topological polar surface area (TPSA) is 38.8 Å². The number of rotatable bonds is 5. The van der Waals surface area contributed by atoms with Gasteiger partial charge in [0.25, 0.3) is 0 Å². The highest BCUT2D eigenvalue weighted by atomic mass is 19.4. The molecule has 30 heavy (non-hydrogen) atoms. The molecule has 1 aliphatic heterocycles. The zero-order valence-electron chi connectivity index (χ0n) is 16.9. The second-order valence-electron chi connectivity index (χ2n) is 7.39. The third kappa shape index (κ3) is 6.10. The average molecular weight is 419 g/mol. The van der Waals surface area contributed by atoms with Crippen LogP contribution in [0.1, 0.15) is 30.5 Å². The Labute approximate surface area is 173 Å². The van der Waals surface area contributed by atoms with Crippen LogP contribution in [-0.4, -0.2) is 36.1 Å². The molecule has 160 valence electrons. The maximum absolute atomic E-state index is 12.6. The summed E-state index contributed by atoms with van der Waals surface area (Å²) >= 11 is 0. The van der Waals surface area contributed by atoms with Crippen LogP contribution in [0.5, 0.6) is 5.75 Å². The molecule has 0 spiro atoms. The van der Waals surface area contributed by atoms with Crippen molar-refractivity contribution in [2.24, 2.45) is 0 Å². The lowest BCUT2D eigenvalue weighted by Gasteiger charge is -2.34. The number of alkyl halides is 3. The minimum atomic E-state index is -4.35. The van der Waals surface area contributed by atoms with E-state index >= 15 is 0 Å². The first-order valence-corrected chi connectivity index (χ1v) is 9.72. The van der Waals surface area contributed by atoms with Crippen LogP contribution >= 0.6 is 0 Å². The number of hydrogen-bond acceptors (Lipinski definition) is 3. The molecule has 3 rings (SSSR count). The number of carbonyl (C=O) groups is 1. The van der Waals surface area contributed by atoms with Gasteiger partial charge in [0.2, 0.25) is 5.91 Å². The zero-order valence-corrected chi connectivity index (χ0v) is 16.9. The third-order valence-corrected chi connectivity index (χ3v) is 4.69. The predicted octanol–water partition coefficient (Wildman–Crippen LogP) is 4.93. The van der Waals surface area contributed by atoms with Gasteiger partial charge in [-0.1, -0.05) is 24.3 Å². The highest BCUT2D eigenvalue weighted by molar-refractivity contribution is 5.91. The van der Waals surface area contributed by atoms with E-state index in [4.69, 9.17) is 9.47 Å². The summed E-state index contributed by atoms with van der Waals surface area (Å²) in [6.45, 7) is 5.15. The monoisotopic (exact) mass is 419 g/mol. The van der Waals surface area contributed by atoms with Crippen molar-refractivity contribution in [1.82, 2.24) is 4.90 Å². The van der Waals surface area contributed by atoms with Crippen LogP contribution in [0.3, 0.4) is 0 Å². The van der Waals surface area contributed by atoms with Gasteiger partial charge in [0, 0.05) is 19.2 Å². The summed E-state index contributed by atoms with van der Waals surface area (Å²) in [7, 11) is 0. The minimum absolute atomic E-state index is 0.00743. The first kappa shape index (κ1) is 21.9. The summed E-state index contributed by atoms with van der Waals surface area (Å²) in [5.74, 6) is 0.492. The van der Waals surface area contributed by atoms with Crippen molar-refractivity contribution in [2.45, 2.75) is 38.8 Å². The van der Waals surface area contributed by atoms with Crippen molar-refractivity contribution in [3.63, 3.8) is 0 Å². The first-order chi connectivity index (χ1) is 14.2. The van der Waals surface area contributed by atoms with Crippen LogP contribution in [0.2, 0.25) is 0 Å². The van der Waals surface area contributed by atoms with Crippen LogP contribution in [0.4, 0.5) is 13.2 Å². The molecule has 0 unspecified atom stereocenters. The molecule has 0 aliphatic carbocycles. The number of halogens is 3. The molecule has 1 heterocycles. The number of carbonyl (C=O) groups excluding carboxylic acids is 1. The van der Waals surface area contributed by atoms with Crippen molar-refractivity contribution < 1.29 is 27.4 Å². The van der Waals surface area contributed by atoms with Gasteiger partial charge in [0.1, 0.15) is 12.4 Å². The number of benzene rings is 2. The lowest BCUT2D eigenvalue weighted by Crippen LogP contribution is -2.47. The summed E-state index contributed by atoms with van der Waals surface area (Å²) in [6.07, 6.45) is -1.09. The van der Waals surface area contributed by atoms with E-state index in [1.807, 2.05) is 19.9 Å². The quantitative estimate of drug-likeness (QED) is 0.645. The van der Waals surface area contributed by atoms with Gasteiger partial charge in [-0.3, -0.25) is 4.79 Å². The Balaban J connectivity index is 1.58. The molecule has 4 nitrogen and oxygen atoms in total. The van der Waals surface area contributed by atoms with Crippen LogP contribution in [0.15, 0.2) is 54.6 Å². The fourth-order valence-electron chi connectivity index (χ4n) is 3.30. The van der Waals surface area contributed by atoms with Gasteiger partial charge in [0.05, 0.1) is 17.8 Å². The molecule has 0 bridgehead atoms. The standard InChI is InChI=1S/C23H24F3NO3/c1-16-13-27(14-17(2)30-16)22(28)11-8-18-4-3-5-21(12-18)29-15-19-6-9-20(10-7-19)23(24,25)26/h3-12,16-17H,13-15H2,1-2H3/b11-8+/t16-,17+. The number of morpholine rings is 1. The molecule has 2 aromatic carbocycles. The Morgan fingerprint density at radius 3 is 2.43 bits per heavy atom. The van der Waals surface area contributed by atoms with Gasteiger partial charge in [-0.25, -0.2) is 0 Å². The zero-order chi connectivity index (χ0) is 21.7. The van der Waals surface area contributed by atoms with Crippen LogP contribution in [0.25, 0.3) is 6.08 Å². The molecule has 2 aromatic rings. The maximum Gasteiger partial charge on any atom is 0.416 e. The summed E-state index contributed by atoms with van der Waals surface area (Å²) in [4.78, 5) is 14.2. The van der Waals surface area contributed by atoms with Gasteiger partial charge in [-0.05, 0) is 55.3 Å². The number of hydrogen-bond donors (Lipinski definition) is 0. The van der Waals surface area contributed by atoms with E-state index in [1.165, 1.54) is 18.2 Å². The fourth-order valence-corrected chi connectivity index (χ4v) is 3.30. The molecule has 0 radical (unpaired) electrons. The molecule has 7 heteroatoms. The summed E-state index contributed by atoms with van der Waals surface area (Å²) in [5.41, 5.74) is 0.740. The molecule has 1 fully saturated rings. The van der Waals surface area contributed by atoms with E-state index in [1.54, 1.807) is 29.2 Å². The van der Waals surface area contributed by atoms with Gasteiger partial charge < -0.3 is 14.4 Å². The van der Waals surface area contributed by atoms with Crippen LogP contribution < -0.4 is 4.74 Å². The van der Waals surface area contributed by atoms with Crippen LogP contribution in [0, 0.1) is 0 Å². The molecule has 1 amide bonds. The summed E-state index contributed by atoms with van der Waals surface area (Å²) in [5, 5.41) is 0. The number of nitrogens with zero attached hydrogens (tertiary/aromatic N) is 1. The predicted molar refractivity (Wildman–Crippen MR) is 108 cm³/mol. The van der Waals surface area contributed by atoms with E-state index in [0.29, 0.717) is 24.4 Å². The molecular formula is C23H24F3NO3. The fraction of sp³-hybridized carbons (Fsp3) is 0.348. The second-order valence-corrected chi connectivity index (χ2v) is 7.39. The smallest absolute Gasteiger partial charge is 0.416 e. The van der Waals surface area contributed by atoms with E-state index < -0.39 is 11.7 Å². The number of ether oxygens (including phenoxy) is 2. The minimum Gasteiger partial charge on any atom is -0.489 e. The normalized spacial score (nSPS) is 19.8. The lowest BCUT2D eigenvalue weighted by atomic mass is 10.1. The second kappa shape index (κ2) is 9.34. The van der Waals surface area contributed by atoms with E-state index in [0.717, 1.165) is 17.7 Å². The summed E-state index contributed by atoms with van der Waals surface area (Å²) < 4.78 is 49.2. The maximum atomic E-state index is 12.6. The molecule has 1 saturated heterocycles. The van der Waals surface area contributed by atoms with Crippen molar-refractivity contribution in [3.8, 4) is 5.75 Å². The van der Waals surface area contributed by atoms with Gasteiger partial charge >= 0.3 is 6.18 Å². The van der Waals surface area contributed by atoms with Gasteiger partial charge in [-0.15, -0.1) is 0 Å². The van der Waals surface area contributed by atoms with E-state index in [-0.39, 0.29) is 24.7 Å². The molecule has 1 aliphatic rings. The SMILES string of the molecule is C[C@@H]1CN(C(=O)/C=C/c2cccc(OCc3ccc(C(F)(F)F)cc3)c2)C[C@H](C)O1. The van der Waals surface area contributed by atoms with Crippen molar-refractivity contribution in [3.05, 3.63) is 71.3 Å². The molecule has 0 N–H and O–H groups in total. The van der Waals surface area contributed by atoms with Crippen molar-refractivity contribution >= 4 is 12.0 Å². The lowest BCUT2D eigenvalue weighted by molar-refractivity contribution is -0.138. The number of amides is 1. The molecular weight excluding hydrogens is 395 g/mol. The Kier molecular flexibility index (Phi) is 6.82. The molecule has 0 saturated carbocycles. The first-order valence-electron chi connectivity index (χ1n) is 9.72. The Morgan fingerprint density at radius 1 is 1.13 bits per heavy atom. The Hall–Kier alpha value is -2.80. The van der Waals surface area contributed by atoms with Gasteiger partial charge in [0.15, 0.2) is 0 Å². The summed E-state index contributed by atoms with van der Waals surface area (Å²) in [6, 6.07) is 12.1. The highest BCUT2D eigenvalue weighted by Gasteiger charge is 2.30. The van der Waals surface area contributed by atoms with E-state index in [9.17, 15) is 18.0 Å². The highest BCUT2D eigenvalue weighted by Crippen LogP contribution is 2.29. The third-order valence-electron chi connectivity index (χ3n) is 4.69. The van der Waals surface area contributed by atoms with Crippen molar-refractivity contribution in [2.75, 3.05) is 13.1 Å². The molecule has 0 aromatic heterocycles. The Morgan fingerprint density at radius 2 is 1.80 bits per heavy atom. The van der Waals surface area contributed by atoms with Gasteiger partial charge in [-0.2, -0.15) is 13.2 Å².